The number of hydrogen-bond donors (Lipinski definition) is 1. The molecule has 0 atom stereocenters. The summed E-state index contributed by atoms with van der Waals surface area (Å²) in [4.78, 5) is 8.03. The molecular weight excluding hydrogens is 222 g/mol. The molecule has 0 spiro atoms. The van der Waals surface area contributed by atoms with Gasteiger partial charge in [0.05, 0.1) is 18.4 Å². The van der Waals surface area contributed by atoms with Gasteiger partial charge >= 0.3 is 0 Å². The molecule has 17 heavy (non-hydrogen) atoms. The van der Waals surface area contributed by atoms with E-state index in [0.29, 0.717) is 36.9 Å². The number of aromatic nitrogens is 3. The zero-order chi connectivity index (χ0) is 12.1. The summed E-state index contributed by atoms with van der Waals surface area (Å²) < 4.78 is 10.3. The Bertz CT molecular complexity index is 484. The van der Waals surface area contributed by atoms with Crippen LogP contribution in [0, 0.1) is 0 Å². The smallest absolute Gasteiger partial charge is 0.259 e. The summed E-state index contributed by atoms with van der Waals surface area (Å²) in [5.41, 5.74) is 0.597. The third kappa shape index (κ3) is 3.01. The van der Waals surface area contributed by atoms with Gasteiger partial charge in [0.1, 0.15) is 5.75 Å². The lowest BCUT2D eigenvalue weighted by atomic mass is 10.3. The SMILES string of the molecule is CCOCCc1noc(-c2cncc(O)c2)n1. The van der Waals surface area contributed by atoms with Crippen LogP contribution in [0.5, 0.6) is 5.75 Å². The Labute approximate surface area is 98.3 Å². The predicted molar refractivity (Wildman–Crippen MR) is 59.4 cm³/mol. The number of pyridine rings is 1. The van der Waals surface area contributed by atoms with Gasteiger partial charge in [0.25, 0.3) is 5.89 Å². The van der Waals surface area contributed by atoms with E-state index in [2.05, 4.69) is 15.1 Å². The first-order valence-electron chi connectivity index (χ1n) is 5.34. The second kappa shape index (κ2) is 5.40. The van der Waals surface area contributed by atoms with Crippen LogP contribution < -0.4 is 0 Å². The van der Waals surface area contributed by atoms with Crippen molar-refractivity contribution in [2.75, 3.05) is 13.2 Å². The molecule has 0 fully saturated rings. The Morgan fingerprint density at radius 3 is 3.06 bits per heavy atom. The van der Waals surface area contributed by atoms with E-state index in [-0.39, 0.29) is 5.75 Å². The summed E-state index contributed by atoms with van der Waals surface area (Å²) in [6.45, 7) is 3.16. The fourth-order valence-corrected chi connectivity index (χ4v) is 1.33. The van der Waals surface area contributed by atoms with Gasteiger partial charge in [-0.2, -0.15) is 4.98 Å². The molecule has 0 aromatic carbocycles. The molecule has 0 aliphatic heterocycles. The van der Waals surface area contributed by atoms with Crippen molar-refractivity contribution >= 4 is 0 Å². The van der Waals surface area contributed by atoms with Crippen LogP contribution in [-0.4, -0.2) is 33.4 Å². The van der Waals surface area contributed by atoms with E-state index in [9.17, 15) is 5.11 Å². The summed E-state index contributed by atoms with van der Waals surface area (Å²) in [5, 5.41) is 13.1. The third-order valence-corrected chi connectivity index (χ3v) is 2.11. The molecule has 0 radical (unpaired) electrons. The van der Waals surface area contributed by atoms with E-state index < -0.39 is 0 Å². The standard InChI is InChI=1S/C11H13N3O3/c1-2-16-4-3-10-13-11(17-14-10)8-5-9(15)7-12-6-8/h5-7,15H,2-4H2,1H3. The van der Waals surface area contributed by atoms with Gasteiger partial charge in [-0.25, -0.2) is 0 Å². The number of aromatic hydroxyl groups is 1. The Balaban J connectivity index is 2.07. The molecule has 1 N–H and O–H groups in total. The van der Waals surface area contributed by atoms with E-state index in [0.717, 1.165) is 0 Å². The lowest BCUT2D eigenvalue weighted by Gasteiger charge is -1.95. The molecular formula is C11H13N3O3. The maximum absolute atomic E-state index is 9.28. The zero-order valence-corrected chi connectivity index (χ0v) is 9.46. The minimum absolute atomic E-state index is 0.0663. The molecule has 0 aliphatic rings. The van der Waals surface area contributed by atoms with Crippen LogP contribution in [0.4, 0.5) is 0 Å². The summed E-state index contributed by atoms with van der Waals surface area (Å²) in [7, 11) is 0. The minimum atomic E-state index is 0.0663. The first-order chi connectivity index (χ1) is 8.29. The molecule has 0 bridgehead atoms. The number of nitrogens with zero attached hydrogens (tertiary/aromatic N) is 3. The Morgan fingerprint density at radius 2 is 2.29 bits per heavy atom. The Kier molecular flexibility index (Phi) is 3.66. The quantitative estimate of drug-likeness (QED) is 0.789. The van der Waals surface area contributed by atoms with Crippen molar-refractivity contribution in [1.29, 1.82) is 0 Å². The van der Waals surface area contributed by atoms with Gasteiger partial charge in [0.15, 0.2) is 5.82 Å². The fourth-order valence-electron chi connectivity index (χ4n) is 1.33. The van der Waals surface area contributed by atoms with Crippen molar-refractivity contribution in [3.8, 4) is 17.2 Å². The van der Waals surface area contributed by atoms with Gasteiger partial charge in [-0.15, -0.1) is 0 Å². The molecule has 90 valence electrons. The number of hydrogen-bond acceptors (Lipinski definition) is 6. The first kappa shape index (κ1) is 11.5. The van der Waals surface area contributed by atoms with E-state index in [4.69, 9.17) is 9.26 Å². The highest BCUT2D eigenvalue weighted by Gasteiger charge is 2.09. The highest BCUT2D eigenvalue weighted by molar-refractivity contribution is 5.53. The molecule has 2 aromatic rings. The van der Waals surface area contributed by atoms with E-state index in [1.807, 2.05) is 6.92 Å². The second-order valence-corrected chi connectivity index (χ2v) is 3.39. The van der Waals surface area contributed by atoms with Crippen LogP contribution in [-0.2, 0) is 11.2 Å². The fraction of sp³-hybridized carbons (Fsp3) is 0.364. The lowest BCUT2D eigenvalue weighted by molar-refractivity contribution is 0.149. The Hall–Kier alpha value is -1.95. The van der Waals surface area contributed by atoms with E-state index in [1.165, 1.54) is 12.3 Å². The molecule has 0 saturated carbocycles. The molecule has 2 rings (SSSR count). The zero-order valence-electron chi connectivity index (χ0n) is 9.46. The van der Waals surface area contributed by atoms with Crippen molar-refractivity contribution < 1.29 is 14.4 Å². The molecule has 2 aromatic heterocycles. The van der Waals surface area contributed by atoms with Crippen LogP contribution in [0.3, 0.4) is 0 Å². The molecule has 2 heterocycles. The molecule has 0 unspecified atom stereocenters. The number of ether oxygens (including phenoxy) is 1. The average molecular weight is 235 g/mol. The van der Waals surface area contributed by atoms with Crippen molar-refractivity contribution in [3.63, 3.8) is 0 Å². The van der Waals surface area contributed by atoms with Crippen molar-refractivity contribution in [3.05, 3.63) is 24.3 Å². The van der Waals surface area contributed by atoms with Gasteiger partial charge in [0, 0.05) is 19.2 Å². The largest absolute Gasteiger partial charge is 0.506 e. The maximum atomic E-state index is 9.28. The predicted octanol–water partition coefficient (Wildman–Crippen LogP) is 1.42. The molecule has 0 aliphatic carbocycles. The summed E-state index contributed by atoms with van der Waals surface area (Å²) in [5.74, 6) is 0.994. The van der Waals surface area contributed by atoms with E-state index >= 15 is 0 Å². The first-order valence-corrected chi connectivity index (χ1v) is 5.34. The Morgan fingerprint density at radius 1 is 1.41 bits per heavy atom. The van der Waals surface area contributed by atoms with Crippen LogP contribution in [0.1, 0.15) is 12.7 Å². The minimum Gasteiger partial charge on any atom is -0.506 e. The maximum Gasteiger partial charge on any atom is 0.259 e. The monoisotopic (exact) mass is 235 g/mol. The van der Waals surface area contributed by atoms with Crippen LogP contribution in [0.25, 0.3) is 11.5 Å². The van der Waals surface area contributed by atoms with Crippen LogP contribution >= 0.6 is 0 Å². The van der Waals surface area contributed by atoms with Gasteiger partial charge in [-0.05, 0) is 13.0 Å². The summed E-state index contributed by atoms with van der Waals surface area (Å²) in [6, 6.07) is 1.52. The topological polar surface area (TPSA) is 81.3 Å². The van der Waals surface area contributed by atoms with Gasteiger partial charge in [-0.3, -0.25) is 4.98 Å². The third-order valence-electron chi connectivity index (χ3n) is 2.11. The highest BCUT2D eigenvalue weighted by atomic mass is 16.5. The normalized spacial score (nSPS) is 10.6. The molecule has 0 amide bonds. The van der Waals surface area contributed by atoms with Gasteiger partial charge < -0.3 is 14.4 Å². The van der Waals surface area contributed by atoms with Gasteiger partial charge in [0.2, 0.25) is 0 Å². The molecule has 6 heteroatoms. The van der Waals surface area contributed by atoms with Crippen molar-refractivity contribution in [2.45, 2.75) is 13.3 Å². The van der Waals surface area contributed by atoms with Crippen molar-refractivity contribution in [2.24, 2.45) is 0 Å². The summed E-state index contributed by atoms with van der Waals surface area (Å²) >= 11 is 0. The molecule has 0 saturated heterocycles. The van der Waals surface area contributed by atoms with E-state index in [1.54, 1.807) is 6.20 Å². The highest BCUT2D eigenvalue weighted by Crippen LogP contribution is 2.19. The average Bonchev–Trinajstić information content (AvgIpc) is 2.78. The van der Waals surface area contributed by atoms with Gasteiger partial charge in [-0.1, -0.05) is 5.16 Å². The molecule has 6 nitrogen and oxygen atoms in total. The second-order valence-electron chi connectivity index (χ2n) is 3.39. The lowest BCUT2D eigenvalue weighted by Crippen LogP contribution is -1.99. The van der Waals surface area contributed by atoms with Crippen LogP contribution in [0.15, 0.2) is 23.0 Å². The number of rotatable bonds is 5. The van der Waals surface area contributed by atoms with Crippen LogP contribution in [0.2, 0.25) is 0 Å². The van der Waals surface area contributed by atoms with Crippen molar-refractivity contribution in [1.82, 2.24) is 15.1 Å². The summed E-state index contributed by atoms with van der Waals surface area (Å²) in [6.07, 6.45) is 3.50.